The minimum absolute atomic E-state index is 0.208. The van der Waals surface area contributed by atoms with Crippen molar-refractivity contribution in [1.29, 1.82) is 0 Å². The quantitative estimate of drug-likeness (QED) is 0.604. The molecule has 9 heteroatoms. The molecule has 0 bridgehead atoms. The lowest BCUT2D eigenvalue weighted by atomic mass is 10.1. The lowest BCUT2D eigenvalue weighted by Crippen LogP contribution is -2.30. The van der Waals surface area contributed by atoms with Gasteiger partial charge in [0.1, 0.15) is 0 Å². The van der Waals surface area contributed by atoms with Gasteiger partial charge in [-0.2, -0.15) is 4.31 Å². The smallest absolute Gasteiger partial charge is 0.254 e. The Morgan fingerprint density at radius 1 is 1.03 bits per heavy atom. The largest absolute Gasteiger partial charge is 0.345 e. The topological polar surface area (TPSA) is 86.8 Å². The molecule has 0 heterocycles. The van der Waals surface area contributed by atoms with E-state index in [1.54, 1.807) is 58.3 Å². The van der Waals surface area contributed by atoms with E-state index in [4.69, 9.17) is 11.6 Å². The maximum atomic E-state index is 12.5. The Balaban J connectivity index is 2.07. The second-order valence-corrected chi connectivity index (χ2v) is 9.22. The van der Waals surface area contributed by atoms with Gasteiger partial charge in [-0.3, -0.25) is 9.59 Å². The third-order valence-electron chi connectivity index (χ3n) is 4.52. The molecule has 0 aromatic heterocycles. The number of hydrogen-bond donors (Lipinski definition) is 1. The van der Waals surface area contributed by atoms with Crippen LogP contribution in [0.25, 0.3) is 6.08 Å². The zero-order chi connectivity index (χ0) is 23.2. The minimum Gasteiger partial charge on any atom is -0.345 e. The van der Waals surface area contributed by atoms with Gasteiger partial charge in [-0.1, -0.05) is 37.6 Å². The number of nitrogens with one attached hydrogen (secondary N) is 1. The van der Waals surface area contributed by atoms with Gasteiger partial charge in [0.2, 0.25) is 15.9 Å². The summed E-state index contributed by atoms with van der Waals surface area (Å²) in [6, 6.07) is 11.0. The maximum Gasteiger partial charge on any atom is 0.254 e. The van der Waals surface area contributed by atoms with Crippen LogP contribution in [0.2, 0.25) is 5.02 Å². The zero-order valence-electron chi connectivity index (χ0n) is 17.9. The summed E-state index contributed by atoms with van der Waals surface area (Å²) in [5, 5.41) is 2.92. The Kier molecular flexibility index (Phi) is 8.38. The van der Waals surface area contributed by atoms with Crippen LogP contribution < -0.4 is 5.32 Å². The van der Waals surface area contributed by atoms with E-state index in [0.717, 1.165) is 0 Å². The van der Waals surface area contributed by atoms with Crippen LogP contribution in [0.1, 0.15) is 29.8 Å². The van der Waals surface area contributed by atoms with E-state index < -0.39 is 10.0 Å². The number of halogens is 1. The molecule has 0 aliphatic rings. The number of anilines is 1. The number of nitrogens with zero attached hydrogens (tertiary/aromatic N) is 2. The van der Waals surface area contributed by atoms with Crippen LogP contribution in [-0.2, 0) is 14.8 Å². The molecule has 1 N–H and O–H groups in total. The van der Waals surface area contributed by atoms with Gasteiger partial charge in [0, 0.05) is 38.9 Å². The first-order valence-corrected chi connectivity index (χ1v) is 11.5. The highest BCUT2D eigenvalue weighted by molar-refractivity contribution is 7.89. The molecule has 0 aliphatic carbocycles. The molecule has 2 aromatic carbocycles. The molecule has 0 aliphatic heterocycles. The Morgan fingerprint density at radius 2 is 1.65 bits per heavy atom. The molecular formula is C22H26ClN3O4S. The summed E-state index contributed by atoms with van der Waals surface area (Å²) in [5.74, 6) is -0.614. The molecule has 0 fully saturated rings. The summed E-state index contributed by atoms with van der Waals surface area (Å²) < 4.78 is 26.4. The molecule has 7 nitrogen and oxygen atoms in total. The molecule has 0 spiro atoms. The predicted molar refractivity (Wildman–Crippen MR) is 124 cm³/mol. The van der Waals surface area contributed by atoms with E-state index in [9.17, 15) is 18.0 Å². The highest BCUT2D eigenvalue weighted by Gasteiger charge is 2.21. The van der Waals surface area contributed by atoms with Crippen LogP contribution in [0.15, 0.2) is 53.4 Å². The van der Waals surface area contributed by atoms with Crippen LogP contribution in [0.3, 0.4) is 0 Å². The van der Waals surface area contributed by atoms with Gasteiger partial charge >= 0.3 is 0 Å². The molecular weight excluding hydrogens is 438 g/mol. The van der Waals surface area contributed by atoms with Crippen molar-refractivity contribution in [2.24, 2.45) is 0 Å². The first-order valence-electron chi connectivity index (χ1n) is 9.70. The molecule has 0 saturated heterocycles. The zero-order valence-corrected chi connectivity index (χ0v) is 19.5. The fourth-order valence-electron chi connectivity index (χ4n) is 2.83. The van der Waals surface area contributed by atoms with Crippen molar-refractivity contribution in [2.45, 2.75) is 18.7 Å². The standard InChI is InChI=1S/C22H26ClN3O4S/c1-5-26(6-2)31(29,30)18-11-7-16(8-12-18)9-14-21(27)24-17-10-13-19(20(23)15-17)22(28)25(3)4/h7-15H,5-6H2,1-4H3,(H,24,27)/b14-9+. The van der Waals surface area contributed by atoms with Crippen LogP contribution in [0.4, 0.5) is 5.69 Å². The number of benzene rings is 2. The second-order valence-electron chi connectivity index (χ2n) is 6.88. The summed E-state index contributed by atoms with van der Waals surface area (Å²) >= 11 is 6.15. The molecule has 0 atom stereocenters. The van der Waals surface area contributed by atoms with E-state index in [1.165, 1.54) is 33.5 Å². The predicted octanol–water partition coefficient (Wildman–Crippen LogP) is 3.72. The van der Waals surface area contributed by atoms with Crippen LogP contribution in [0, 0.1) is 0 Å². The van der Waals surface area contributed by atoms with Crippen molar-refractivity contribution < 1.29 is 18.0 Å². The van der Waals surface area contributed by atoms with Gasteiger partial charge in [0.05, 0.1) is 15.5 Å². The molecule has 2 rings (SSSR count). The van der Waals surface area contributed by atoms with E-state index in [1.807, 2.05) is 0 Å². The Bertz CT molecular complexity index is 1080. The van der Waals surface area contributed by atoms with E-state index in [0.29, 0.717) is 29.9 Å². The number of hydrogen-bond acceptors (Lipinski definition) is 4. The Hall–Kier alpha value is -2.68. The molecule has 2 aromatic rings. The Morgan fingerprint density at radius 3 is 2.16 bits per heavy atom. The highest BCUT2D eigenvalue weighted by Crippen LogP contribution is 2.22. The Labute approximate surface area is 188 Å². The second kappa shape index (κ2) is 10.6. The number of rotatable bonds is 8. The van der Waals surface area contributed by atoms with Crippen molar-refractivity contribution in [1.82, 2.24) is 9.21 Å². The number of amides is 2. The normalized spacial score (nSPS) is 11.7. The third-order valence-corrected chi connectivity index (χ3v) is 6.90. The van der Waals surface area contributed by atoms with E-state index in [2.05, 4.69) is 5.32 Å². The average Bonchev–Trinajstić information content (AvgIpc) is 2.73. The minimum atomic E-state index is -3.52. The maximum absolute atomic E-state index is 12.5. The molecule has 166 valence electrons. The summed E-state index contributed by atoms with van der Waals surface area (Å²) in [6.45, 7) is 4.37. The summed E-state index contributed by atoms with van der Waals surface area (Å²) in [6.07, 6.45) is 2.91. The summed E-state index contributed by atoms with van der Waals surface area (Å²) in [4.78, 5) is 25.8. The van der Waals surface area contributed by atoms with Gasteiger partial charge in [-0.25, -0.2) is 8.42 Å². The van der Waals surface area contributed by atoms with Gasteiger partial charge in [0.15, 0.2) is 0 Å². The molecule has 0 saturated carbocycles. The van der Waals surface area contributed by atoms with Gasteiger partial charge in [-0.05, 0) is 42.0 Å². The summed E-state index contributed by atoms with van der Waals surface area (Å²) in [7, 11) is -0.259. The number of carbonyl (C=O) groups is 2. The lowest BCUT2D eigenvalue weighted by Gasteiger charge is -2.18. The molecule has 0 unspecified atom stereocenters. The van der Waals surface area contributed by atoms with Crippen molar-refractivity contribution in [3.63, 3.8) is 0 Å². The average molecular weight is 464 g/mol. The number of carbonyl (C=O) groups excluding carboxylic acids is 2. The van der Waals surface area contributed by atoms with Crippen LogP contribution in [0.5, 0.6) is 0 Å². The van der Waals surface area contributed by atoms with Crippen molar-refractivity contribution in [3.8, 4) is 0 Å². The van der Waals surface area contributed by atoms with Crippen molar-refractivity contribution >= 4 is 45.2 Å². The number of sulfonamides is 1. The fraction of sp³-hybridized carbons (Fsp3) is 0.273. The van der Waals surface area contributed by atoms with Crippen LogP contribution in [-0.4, -0.2) is 56.6 Å². The van der Waals surface area contributed by atoms with Gasteiger partial charge in [-0.15, -0.1) is 0 Å². The van der Waals surface area contributed by atoms with Gasteiger partial charge in [0.25, 0.3) is 5.91 Å². The van der Waals surface area contributed by atoms with E-state index in [-0.39, 0.29) is 21.7 Å². The first kappa shape index (κ1) is 24.6. The fourth-order valence-corrected chi connectivity index (χ4v) is 4.55. The highest BCUT2D eigenvalue weighted by atomic mass is 35.5. The van der Waals surface area contributed by atoms with Crippen molar-refractivity contribution in [2.75, 3.05) is 32.5 Å². The molecule has 2 amide bonds. The third kappa shape index (κ3) is 6.16. The first-order chi connectivity index (χ1) is 14.6. The SMILES string of the molecule is CCN(CC)S(=O)(=O)c1ccc(/C=C/C(=O)Nc2ccc(C(=O)N(C)C)c(Cl)c2)cc1. The van der Waals surface area contributed by atoms with E-state index >= 15 is 0 Å². The van der Waals surface area contributed by atoms with Crippen molar-refractivity contribution in [3.05, 3.63) is 64.7 Å². The van der Waals surface area contributed by atoms with Crippen LogP contribution >= 0.6 is 11.6 Å². The van der Waals surface area contributed by atoms with Gasteiger partial charge < -0.3 is 10.2 Å². The monoisotopic (exact) mass is 463 g/mol. The summed E-state index contributed by atoms with van der Waals surface area (Å²) in [5.41, 5.74) is 1.48. The molecule has 0 radical (unpaired) electrons. The lowest BCUT2D eigenvalue weighted by molar-refractivity contribution is -0.111. The molecule has 31 heavy (non-hydrogen) atoms.